The standard InChI is InChI=1S/C11H19NO4/c1-8(15-10(14)12(5)6)7-9(13)16-11(2,3)4/h7H,1-6H3/b8-7+. The van der Waals surface area contributed by atoms with E-state index in [0.717, 1.165) is 6.08 Å². The summed E-state index contributed by atoms with van der Waals surface area (Å²) >= 11 is 0. The number of amides is 1. The minimum Gasteiger partial charge on any atom is -0.457 e. The van der Waals surface area contributed by atoms with Crippen LogP contribution < -0.4 is 0 Å². The number of ether oxygens (including phenoxy) is 2. The number of carbonyl (C=O) groups excluding carboxylic acids is 2. The Morgan fingerprint density at radius 3 is 2.06 bits per heavy atom. The molecule has 0 saturated heterocycles. The third-order valence-corrected chi connectivity index (χ3v) is 1.34. The molecule has 0 heterocycles. The van der Waals surface area contributed by atoms with Gasteiger partial charge < -0.3 is 14.4 Å². The maximum Gasteiger partial charge on any atom is 0.414 e. The molecule has 92 valence electrons. The van der Waals surface area contributed by atoms with Gasteiger partial charge in [0.2, 0.25) is 0 Å². The van der Waals surface area contributed by atoms with Gasteiger partial charge >= 0.3 is 12.1 Å². The number of nitrogens with zero attached hydrogens (tertiary/aromatic N) is 1. The van der Waals surface area contributed by atoms with Crippen molar-refractivity contribution in [1.82, 2.24) is 4.90 Å². The van der Waals surface area contributed by atoms with Crippen LogP contribution in [0, 0.1) is 0 Å². The Balaban J connectivity index is 4.33. The second-order valence-corrected chi connectivity index (χ2v) is 4.55. The Labute approximate surface area is 96.0 Å². The average Bonchev–Trinajstić information content (AvgIpc) is 1.98. The van der Waals surface area contributed by atoms with Crippen molar-refractivity contribution in [1.29, 1.82) is 0 Å². The second kappa shape index (κ2) is 5.53. The summed E-state index contributed by atoms with van der Waals surface area (Å²) in [6, 6.07) is 0. The fraction of sp³-hybridized carbons (Fsp3) is 0.636. The van der Waals surface area contributed by atoms with E-state index in [-0.39, 0.29) is 5.76 Å². The normalized spacial score (nSPS) is 12.0. The van der Waals surface area contributed by atoms with Gasteiger partial charge in [-0.15, -0.1) is 0 Å². The van der Waals surface area contributed by atoms with E-state index in [1.165, 1.54) is 11.8 Å². The van der Waals surface area contributed by atoms with Crippen molar-refractivity contribution in [3.8, 4) is 0 Å². The second-order valence-electron chi connectivity index (χ2n) is 4.55. The van der Waals surface area contributed by atoms with Gasteiger partial charge in [-0.1, -0.05) is 0 Å². The van der Waals surface area contributed by atoms with E-state index in [1.54, 1.807) is 34.9 Å². The van der Waals surface area contributed by atoms with E-state index in [0.29, 0.717) is 0 Å². The fourth-order valence-electron chi connectivity index (χ4n) is 0.756. The van der Waals surface area contributed by atoms with Crippen molar-refractivity contribution in [3.05, 3.63) is 11.8 Å². The molecule has 0 atom stereocenters. The van der Waals surface area contributed by atoms with Crippen LogP contribution >= 0.6 is 0 Å². The van der Waals surface area contributed by atoms with E-state index >= 15 is 0 Å². The third kappa shape index (κ3) is 6.86. The van der Waals surface area contributed by atoms with Crippen molar-refractivity contribution in [3.63, 3.8) is 0 Å². The SMILES string of the molecule is C/C(=C\C(=O)OC(C)(C)C)OC(=O)N(C)C. The first-order valence-corrected chi connectivity index (χ1v) is 4.92. The molecule has 0 aliphatic rings. The van der Waals surface area contributed by atoms with Crippen molar-refractivity contribution < 1.29 is 19.1 Å². The molecule has 0 N–H and O–H groups in total. The van der Waals surface area contributed by atoms with Crippen LogP contribution in [-0.4, -0.2) is 36.7 Å². The average molecular weight is 229 g/mol. The topological polar surface area (TPSA) is 55.8 Å². The highest BCUT2D eigenvalue weighted by molar-refractivity contribution is 5.83. The van der Waals surface area contributed by atoms with Gasteiger partial charge in [-0.25, -0.2) is 9.59 Å². The molecule has 5 heteroatoms. The zero-order valence-corrected chi connectivity index (χ0v) is 10.7. The molecule has 0 radical (unpaired) electrons. The van der Waals surface area contributed by atoms with Gasteiger partial charge in [0.15, 0.2) is 0 Å². The number of allylic oxidation sites excluding steroid dienone is 1. The highest BCUT2D eigenvalue weighted by Crippen LogP contribution is 2.08. The minimum absolute atomic E-state index is 0.202. The van der Waals surface area contributed by atoms with Crippen LogP contribution in [-0.2, 0) is 14.3 Å². The number of carbonyl (C=O) groups is 2. The van der Waals surface area contributed by atoms with E-state index in [2.05, 4.69) is 0 Å². The Morgan fingerprint density at radius 2 is 1.69 bits per heavy atom. The summed E-state index contributed by atoms with van der Waals surface area (Å²) < 4.78 is 9.87. The molecule has 1 amide bonds. The van der Waals surface area contributed by atoms with Gasteiger partial charge in [-0.05, 0) is 27.7 Å². The van der Waals surface area contributed by atoms with Crippen LogP contribution in [0.1, 0.15) is 27.7 Å². The minimum atomic E-state index is -0.556. The zero-order chi connectivity index (χ0) is 12.9. The molecule has 0 aliphatic carbocycles. The first kappa shape index (κ1) is 14.5. The first-order chi connectivity index (χ1) is 7.11. The molecule has 0 aromatic heterocycles. The van der Waals surface area contributed by atoms with Crippen LogP contribution in [0.5, 0.6) is 0 Å². The molecule has 0 bridgehead atoms. The highest BCUT2D eigenvalue weighted by atomic mass is 16.6. The van der Waals surface area contributed by atoms with Crippen LogP contribution in [0.2, 0.25) is 0 Å². The summed E-state index contributed by atoms with van der Waals surface area (Å²) in [6.07, 6.45) is 0.615. The number of rotatable bonds is 2. The third-order valence-electron chi connectivity index (χ3n) is 1.34. The van der Waals surface area contributed by atoms with Gasteiger partial charge in [-0.3, -0.25) is 0 Å². The lowest BCUT2D eigenvalue weighted by atomic mass is 10.2. The zero-order valence-electron chi connectivity index (χ0n) is 10.7. The molecule has 0 spiro atoms. The lowest BCUT2D eigenvalue weighted by molar-refractivity contribution is -0.148. The van der Waals surface area contributed by atoms with Crippen molar-refractivity contribution >= 4 is 12.1 Å². The summed E-state index contributed by atoms with van der Waals surface area (Å²) in [5.74, 6) is -0.329. The Morgan fingerprint density at radius 1 is 1.19 bits per heavy atom. The molecule has 0 aromatic rings. The summed E-state index contributed by atoms with van der Waals surface area (Å²) in [4.78, 5) is 23.7. The lowest BCUT2D eigenvalue weighted by Crippen LogP contribution is -2.24. The lowest BCUT2D eigenvalue weighted by Gasteiger charge is -2.18. The number of hydrogen-bond acceptors (Lipinski definition) is 4. The molecule has 5 nitrogen and oxygen atoms in total. The molecule has 16 heavy (non-hydrogen) atoms. The molecule has 0 saturated carbocycles. The van der Waals surface area contributed by atoms with E-state index in [1.807, 2.05) is 0 Å². The Bertz CT molecular complexity index is 300. The molecular formula is C11H19NO4. The van der Waals surface area contributed by atoms with Crippen LogP contribution in [0.3, 0.4) is 0 Å². The molecule has 0 fully saturated rings. The Hall–Kier alpha value is -1.52. The van der Waals surface area contributed by atoms with Crippen molar-refractivity contribution in [2.24, 2.45) is 0 Å². The Kier molecular flexibility index (Phi) is 5.01. The maximum absolute atomic E-state index is 11.3. The number of hydrogen-bond donors (Lipinski definition) is 0. The highest BCUT2D eigenvalue weighted by Gasteiger charge is 2.15. The summed E-state index contributed by atoms with van der Waals surface area (Å²) in [6.45, 7) is 6.81. The quantitative estimate of drug-likeness (QED) is 0.412. The predicted molar refractivity (Wildman–Crippen MR) is 59.8 cm³/mol. The fourth-order valence-corrected chi connectivity index (χ4v) is 0.756. The van der Waals surface area contributed by atoms with Gasteiger partial charge in [0, 0.05) is 14.1 Å². The summed E-state index contributed by atoms with van der Waals surface area (Å²) in [5, 5.41) is 0. The van der Waals surface area contributed by atoms with Crippen LogP contribution in [0.25, 0.3) is 0 Å². The first-order valence-electron chi connectivity index (χ1n) is 4.92. The molecule has 0 aliphatic heterocycles. The van der Waals surface area contributed by atoms with Crippen molar-refractivity contribution in [2.45, 2.75) is 33.3 Å². The molecule has 0 unspecified atom stereocenters. The largest absolute Gasteiger partial charge is 0.457 e. The smallest absolute Gasteiger partial charge is 0.414 e. The van der Waals surface area contributed by atoms with E-state index < -0.39 is 17.7 Å². The maximum atomic E-state index is 11.3. The van der Waals surface area contributed by atoms with E-state index in [4.69, 9.17) is 9.47 Å². The molecule has 0 aromatic carbocycles. The molecular weight excluding hydrogens is 210 g/mol. The summed E-state index contributed by atoms with van der Waals surface area (Å²) in [5.41, 5.74) is -0.556. The van der Waals surface area contributed by atoms with Gasteiger partial charge in [-0.2, -0.15) is 0 Å². The number of esters is 1. The van der Waals surface area contributed by atoms with E-state index in [9.17, 15) is 9.59 Å². The van der Waals surface area contributed by atoms with Gasteiger partial charge in [0.1, 0.15) is 11.4 Å². The predicted octanol–water partition coefficient (Wildman–Crippen LogP) is 1.93. The van der Waals surface area contributed by atoms with Crippen molar-refractivity contribution in [2.75, 3.05) is 14.1 Å². The van der Waals surface area contributed by atoms with Gasteiger partial charge in [0.25, 0.3) is 0 Å². The van der Waals surface area contributed by atoms with Gasteiger partial charge in [0.05, 0.1) is 6.08 Å². The van der Waals surface area contributed by atoms with Crippen LogP contribution in [0.15, 0.2) is 11.8 Å². The monoisotopic (exact) mass is 229 g/mol. The van der Waals surface area contributed by atoms with Crippen LogP contribution in [0.4, 0.5) is 4.79 Å². The summed E-state index contributed by atoms with van der Waals surface area (Å²) in [7, 11) is 3.12. The molecule has 0 rings (SSSR count).